The molecular weight excluding hydrogens is 359 g/mol. The number of nitrogens with zero attached hydrogens (tertiary/aromatic N) is 4. The second kappa shape index (κ2) is 10.0. The lowest BCUT2D eigenvalue weighted by Gasteiger charge is -2.17. The van der Waals surface area contributed by atoms with Gasteiger partial charge in [0.05, 0.1) is 5.03 Å². The summed E-state index contributed by atoms with van der Waals surface area (Å²) in [6.07, 6.45) is 6.56. The molecule has 1 aliphatic carbocycles. The molecule has 2 heterocycles. The highest BCUT2D eigenvalue weighted by Gasteiger charge is 2.28. The highest BCUT2D eigenvalue weighted by atomic mass is 35.5. The van der Waals surface area contributed by atoms with Crippen LogP contribution in [-0.4, -0.2) is 37.1 Å². The lowest BCUT2D eigenvalue weighted by molar-refractivity contribution is -0.298. The van der Waals surface area contributed by atoms with Crippen LogP contribution >= 0.6 is 23.2 Å². The van der Waals surface area contributed by atoms with E-state index in [1.807, 2.05) is 24.3 Å². The average Bonchev–Trinajstić information content (AvgIpc) is 2.67. The number of rotatable bonds is 0. The van der Waals surface area contributed by atoms with Crippen LogP contribution in [0.3, 0.4) is 0 Å². The topological polar surface area (TPSA) is 129 Å². The fourth-order valence-corrected chi connectivity index (χ4v) is 1.47. The summed E-state index contributed by atoms with van der Waals surface area (Å²) < 4.78 is 0. The van der Waals surface area contributed by atoms with Crippen molar-refractivity contribution in [3.05, 3.63) is 70.6 Å². The normalized spacial score (nSPS) is 13.6. The minimum Gasteiger partial charge on any atom is -0.869 e. The number of halogens is 2. The Labute approximate surface area is 147 Å². The molecule has 2 aromatic heterocycles. The molecule has 2 aromatic rings. The second-order valence-electron chi connectivity index (χ2n) is 3.79. The third-order valence-corrected chi connectivity index (χ3v) is 2.89. The van der Waals surface area contributed by atoms with Gasteiger partial charge in [0.2, 0.25) is 5.78 Å². The molecule has 1 aliphatic rings. The number of aliphatic hydroxyl groups is 1. The number of ketones is 2. The standard InChI is InChI=1S/C6H2Cl2O4.2C4H4N2/c7-1-3(9)5(11)2(8)6(12)4(1)10;2*1-2-4-6-5-3-1/h9,12H;2*1-4H. The number of allylic oxidation sites excluding steroid dienone is 2. The summed E-state index contributed by atoms with van der Waals surface area (Å²) in [6.45, 7) is 0. The van der Waals surface area contributed by atoms with Crippen LogP contribution in [0.25, 0.3) is 0 Å². The molecule has 0 aliphatic heterocycles. The van der Waals surface area contributed by atoms with Crippen molar-refractivity contribution in [2.45, 2.75) is 0 Å². The molecule has 0 saturated carbocycles. The first-order valence-corrected chi connectivity index (χ1v) is 6.90. The van der Waals surface area contributed by atoms with Crippen LogP contribution in [0.1, 0.15) is 1.43 Å². The number of carbonyl (C=O) groups is 2. The van der Waals surface area contributed by atoms with Gasteiger partial charge in [-0.25, -0.2) is 0 Å². The highest BCUT2D eigenvalue weighted by Crippen LogP contribution is 2.24. The average molecular weight is 369 g/mol. The molecule has 1 N–H and O–H groups in total. The van der Waals surface area contributed by atoms with Crippen LogP contribution in [0.5, 0.6) is 0 Å². The van der Waals surface area contributed by atoms with Crippen molar-refractivity contribution in [3.63, 3.8) is 0 Å². The monoisotopic (exact) mass is 368 g/mol. The second-order valence-corrected chi connectivity index (χ2v) is 4.55. The first-order valence-electron chi connectivity index (χ1n) is 6.15. The van der Waals surface area contributed by atoms with Crippen molar-refractivity contribution in [3.8, 4) is 0 Å². The van der Waals surface area contributed by atoms with Gasteiger partial charge in [0.1, 0.15) is 5.03 Å². The quantitative estimate of drug-likeness (QED) is 0.682. The lowest BCUT2D eigenvalue weighted by atomic mass is 10.1. The summed E-state index contributed by atoms with van der Waals surface area (Å²) in [5.74, 6) is -4.46. The summed E-state index contributed by atoms with van der Waals surface area (Å²) in [7, 11) is 0. The van der Waals surface area contributed by atoms with Crippen LogP contribution in [-0.2, 0) is 9.59 Å². The Morgan fingerprint density at radius 3 is 1.46 bits per heavy atom. The van der Waals surface area contributed by atoms with Gasteiger partial charge in [-0.15, -0.1) is 0 Å². The molecule has 3 rings (SSSR count). The molecule has 0 atom stereocenters. The van der Waals surface area contributed by atoms with E-state index in [9.17, 15) is 14.7 Å². The van der Waals surface area contributed by atoms with Crippen LogP contribution in [0.4, 0.5) is 0 Å². The van der Waals surface area contributed by atoms with Crippen LogP contribution < -0.4 is 5.11 Å². The molecule has 0 spiro atoms. The van der Waals surface area contributed by atoms with E-state index in [0.29, 0.717) is 0 Å². The minimum atomic E-state index is -1.19. The zero-order valence-corrected chi connectivity index (χ0v) is 13.3. The zero-order chi connectivity index (χ0) is 17.9. The number of hydrogen-bond acceptors (Lipinski definition) is 8. The number of hydrogen-bond donors (Lipinski definition) is 1. The van der Waals surface area contributed by atoms with Crippen molar-refractivity contribution in [1.82, 2.24) is 20.4 Å². The first kappa shape index (κ1) is 19.2. The summed E-state index contributed by atoms with van der Waals surface area (Å²) in [4.78, 5) is 21.5. The largest absolute Gasteiger partial charge is 1.00 e. The SMILES string of the molecule is O=C1C(O)=C(Cl)C(=O)C([O-])=C1Cl.[H+].c1ccnnc1.c1ccnnc1. The van der Waals surface area contributed by atoms with Gasteiger partial charge in [-0.3, -0.25) is 9.59 Å². The first-order chi connectivity index (χ1) is 11.5. The van der Waals surface area contributed by atoms with Gasteiger partial charge in [0.25, 0.3) is 0 Å². The van der Waals surface area contributed by atoms with Crippen LogP contribution in [0.15, 0.2) is 70.6 Å². The van der Waals surface area contributed by atoms with Crippen LogP contribution in [0.2, 0.25) is 0 Å². The lowest BCUT2D eigenvalue weighted by Crippen LogP contribution is -2.26. The summed E-state index contributed by atoms with van der Waals surface area (Å²) in [5.41, 5.74) is 0. The molecule has 0 saturated heterocycles. The van der Waals surface area contributed by atoms with E-state index < -0.39 is 33.1 Å². The smallest absolute Gasteiger partial charge is 0.869 e. The van der Waals surface area contributed by atoms with Gasteiger partial charge < -0.3 is 10.2 Å². The van der Waals surface area contributed by atoms with Crippen molar-refractivity contribution >= 4 is 34.8 Å². The van der Waals surface area contributed by atoms with Gasteiger partial charge in [-0.1, -0.05) is 23.2 Å². The number of aliphatic hydroxyl groups excluding tert-OH is 1. The fraction of sp³-hybridized carbons (Fsp3) is 0. The number of aromatic nitrogens is 4. The molecule has 0 amide bonds. The van der Waals surface area contributed by atoms with E-state index in [-0.39, 0.29) is 1.43 Å². The molecule has 0 aromatic carbocycles. The summed E-state index contributed by atoms with van der Waals surface area (Å²) >= 11 is 10.3. The van der Waals surface area contributed by atoms with Gasteiger partial charge in [0, 0.05) is 24.8 Å². The molecule has 0 unspecified atom stereocenters. The number of Topliss-reactive ketones (excluding diaryl/α,β-unsaturated/α-hetero) is 2. The van der Waals surface area contributed by atoms with Gasteiger partial charge >= 0.3 is 1.43 Å². The zero-order valence-electron chi connectivity index (χ0n) is 12.8. The van der Waals surface area contributed by atoms with Gasteiger partial charge in [0.15, 0.2) is 11.5 Å². The molecule has 10 heteroatoms. The predicted molar refractivity (Wildman–Crippen MR) is 83.6 cm³/mol. The van der Waals surface area contributed by atoms with Crippen LogP contribution in [0, 0.1) is 0 Å². The Balaban J connectivity index is 0.000000373. The van der Waals surface area contributed by atoms with Crippen molar-refractivity contribution < 1.29 is 21.2 Å². The molecule has 124 valence electrons. The third kappa shape index (κ3) is 5.75. The van der Waals surface area contributed by atoms with E-state index in [4.69, 9.17) is 28.3 Å². The fourth-order valence-electron chi connectivity index (χ4n) is 1.12. The Hall–Kier alpha value is -2.84. The minimum absolute atomic E-state index is 0. The summed E-state index contributed by atoms with van der Waals surface area (Å²) in [5, 5.41) is 32.1. The van der Waals surface area contributed by atoms with Crippen molar-refractivity contribution in [2.24, 2.45) is 0 Å². The Morgan fingerprint density at radius 2 is 1.17 bits per heavy atom. The molecule has 24 heavy (non-hydrogen) atoms. The molecule has 8 nitrogen and oxygen atoms in total. The maximum absolute atomic E-state index is 10.8. The highest BCUT2D eigenvalue weighted by molar-refractivity contribution is 6.55. The van der Waals surface area contributed by atoms with Crippen molar-refractivity contribution in [1.29, 1.82) is 0 Å². The Bertz CT molecular complexity index is 611. The maximum Gasteiger partial charge on any atom is 1.00 e. The maximum atomic E-state index is 10.8. The molecular formula is C14H10Cl2N4O4. The van der Waals surface area contributed by atoms with Crippen molar-refractivity contribution in [2.75, 3.05) is 0 Å². The molecule has 0 bridgehead atoms. The predicted octanol–water partition coefficient (Wildman–Crippen LogP) is 1.02. The van der Waals surface area contributed by atoms with E-state index in [1.54, 1.807) is 24.8 Å². The van der Waals surface area contributed by atoms with Gasteiger partial charge in [-0.05, 0) is 30.0 Å². The molecule has 0 radical (unpaired) electrons. The van der Waals surface area contributed by atoms with E-state index in [2.05, 4.69) is 20.4 Å². The third-order valence-electron chi connectivity index (χ3n) is 2.19. The number of carbonyl (C=O) groups excluding carboxylic acids is 2. The van der Waals surface area contributed by atoms with E-state index in [1.165, 1.54) is 0 Å². The van der Waals surface area contributed by atoms with E-state index >= 15 is 0 Å². The van der Waals surface area contributed by atoms with Gasteiger partial charge in [-0.2, -0.15) is 20.4 Å². The Kier molecular flexibility index (Phi) is 8.03. The molecule has 0 fully saturated rings. The van der Waals surface area contributed by atoms with E-state index in [0.717, 1.165) is 0 Å². The Morgan fingerprint density at radius 1 is 0.792 bits per heavy atom. The summed E-state index contributed by atoms with van der Waals surface area (Å²) in [6, 6.07) is 7.31.